The van der Waals surface area contributed by atoms with Gasteiger partial charge in [-0.2, -0.15) is 0 Å². The fourth-order valence-corrected chi connectivity index (χ4v) is 2.12. The number of hydrogen-bond donors (Lipinski definition) is 1. The molecule has 1 saturated heterocycles. The van der Waals surface area contributed by atoms with E-state index in [1.165, 1.54) is 0 Å². The quantitative estimate of drug-likeness (QED) is 0.902. The third-order valence-corrected chi connectivity index (χ3v) is 3.72. The Morgan fingerprint density at radius 3 is 2.65 bits per heavy atom. The minimum Gasteiger partial charge on any atom is -0.381 e. The zero-order valence-electron chi connectivity index (χ0n) is 10.3. The van der Waals surface area contributed by atoms with Crippen LogP contribution >= 0.6 is 11.6 Å². The highest BCUT2D eigenvalue weighted by Crippen LogP contribution is 2.22. The number of anilines is 1. The Kier molecular flexibility index (Phi) is 4.18. The first-order chi connectivity index (χ1) is 8.18. The lowest BCUT2D eigenvalue weighted by Crippen LogP contribution is -2.23. The number of ether oxygens (including phenoxy) is 1. The lowest BCUT2D eigenvalue weighted by atomic mass is 10.0. The van der Waals surface area contributed by atoms with Crippen molar-refractivity contribution in [3.8, 4) is 0 Å². The molecule has 17 heavy (non-hydrogen) atoms. The summed E-state index contributed by atoms with van der Waals surface area (Å²) >= 11 is 5.92. The van der Waals surface area contributed by atoms with Crippen LogP contribution in [0.2, 0.25) is 5.15 Å². The van der Waals surface area contributed by atoms with Gasteiger partial charge in [-0.25, -0.2) is 0 Å². The molecule has 0 unspecified atom stereocenters. The summed E-state index contributed by atoms with van der Waals surface area (Å²) < 4.78 is 5.34. The van der Waals surface area contributed by atoms with Gasteiger partial charge in [0.15, 0.2) is 11.0 Å². The summed E-state index contributed by atoms with van der Waals surface area (Å²) in [6.07, 6.45) is 2.23. The first-order valence-corrected chi connectivity index (χ1v) is 6.37. The van der Waals surface area contributed by atoms with Gasteiger partial charge in [-0.15, -0.1) is 10.2 Å². The summed E-state index contributed by atoms with van der Waals surface area (Å²) in [6, 6.07) is 0. The van der Waals surface area contributed by atoms with E-state index in [1.807, 2.05) is 13.8 Å². The van der Waals surface area contributed by atoms with Gasteiger partial charge in [-0.3, -0.25) is 0 Å². The van der Waals surface area contributed by atoms with Crippen molar-refractivity contribution in [1.29, 1.82) is 0 Å². The predicted molar refractivity (Wildman–Crippen MR) is 68.5 cm³/mol. The molecular formula is C12H18ClN3O. The van der Waals surface area contributed by atoms with Gasteiger partial charge < -0.3 is 10.1 Å². The molecule has 0 aliphatic carbocycles. The largest absolute Gasteiger partial charge is 0.381 e. The Balaban J connectivity index is 1.96. The Bertz CT molecular complexity index is 392. The maximum Gasteiger partial charge on any atom is 0.155 e. The summed E-state index contributed by atoms with van der Waals surface area (Å²) in [7, 11) is 0. The van der Waals surface area contributed by atoms with Crippen molar-refractivity contribution >= 4 is 17.4 Å². The van der Waals surface area contributed by atoms with E-state index in [4.69, 9.17) is 16.3 Å². The topological polar surface area (TPSA) is 47.0 Å². The molecular weight excluding hydrogens is 238 g/mol. The number of rotatable bonds is 3. The van der Waals surface area contributed by atoms with Gasteiger partial charge in [-0.1, -0.05) is 11.6 Å². The molecule has 0 bridgehead atoms. The highest BCUT2D eigenvalue weighted by molar-refractivity contribution is 6.30. The average molecular weight is 256 g/mol. The van der Waals surface area contributed by atoms with Gasteiger partial charge in [0.2, 0.25) is 0 Å². The Labute approximate surface area is 107 Å². The van der Waals surface area contributed by atoms with Crippen LogP contribution in [0.4, 0.5) is 5.82 Å². The zero-order valence-corrected chi connectivity index (χ0v) is 11.0. The van der Waals surface area contributed by atoms with Gasteiger partial charge in [0, 0.05) is 19.8 Å². The third kappa shape index (κ3) is 3.07. The second kappa shape index (κ2) is 5.65. The highest BCUT2D eigenvalue weighted by atomic mass is 35.5. The first-order valence-electron chi connectivity index (χ1n) is 5.99. The molecule has 2 rings (SSSR count). The fraction of sp³-hybridized carbons (Fsp3) is 0.667. The summed E-state index contributed by atoms with van der Waals surface area (Å²) in [6.45, 7) is 6.65. The monoisotopic (exact) mass is 255 g/mol. The smallest absolute Gasteiger partial charge is 0.155 e. The lowest BCUT2D eigenvalue weighted by molar-refractivity contribution is 0.0699. The average Bonchev–Trinajstić information content (AvgIpc) is 2.36. The van der Waals surface area contributed by atoms with Crippen molar-refractivity contribution in [2.75, 3.05) is 25.1 Å². The van der Waals surface area contributed by atoms with E-state index >= 15 is 0 Å². The number of halogens is 1. The van der Waals surface area contributed by atoms with Crippen LogP contribution in [0, 0.1) is 19.8 Å². The molecule has 4 nitrogen and oxygen atoms in total. The van der Waals surface area contributed by atoms with E-state index in [1.54, 1.807) is 0 Å². The molecule has 1 N–H and O–H groups in total. The zero-order chi connectivity index (χ0) is 12.3. The molecule has 94 valence electrons. The second-order valence-corrected chi connectivity index (χ2v) is 4.88. The maximum absolute atomic E-state index is 5.92. The molecule has 1 fully saturated rings. The van der Waals surface area contributed by atoms with Crippen LogP contribution in [-0.2, 0) is 4.74 Å². The molecule has 0 spiro atoms. The maximum atomic E-state index is 5.92. The third-order valence-electron chi connectivity index (χ3n) is 3.36. The number of hydrogen-bond acceptors (Lipinski definition) is 4. The number of nitrogens with zero attached hydrogens (tertiary/aromatic N) is 2. The van der Waals surface area contributed by atoms with Crippen molar-refractivity contribution in [2.45, 2.75) is 26.7 Å². The van der Waals surface area contributed by atoms with E-state index in [0.29, 0.717) is 11.1 Å². The molecule has 1 aliphatic heterocycles. The minimum atomic E-state index is 0.485. The molecule has 0 atom stereocenters. The second-order valence-electron chi connectivity index (χ2n) is 4.53. The highest BCUT2D eigenvalue weighted by Gasteiger charge is 2.15. The van der Waals surface area contributed by atoms with E-state index in [2.05, 4.69) is 15.5 Å². The van der Waals surface area contributed by atoms with Gasteiger partial charge in [-0.05, 0) is 43.7 Å². The molecule has 5 heteroatoms. The summed E-state index contributed by atoms with van der Waals surface area (Å²) in [4.78, 5) is 0. The van der Waals surface area contributed by atoms with Gasteiger partial charge in [0.1, 0.15) is 0 Å². The van der Waals surface area contributed by atoms with Gasteiger partial charge in [0.25, 0.3) is 0 Å². The van der Waals surface area contributed by atoms with Crippen molar-refractivity contribution in [1.82, 2.24) is 10.2 Å². The molecule has 0 saturated carbocycles. The normalized spacial score (nSPS) is 17.1. The summed E-state index contributed by atoms with van der Waals surface area (Å²) in [5.41, 5.74) is 2.08. The Hall–Kier alpha value is -0.870. The van der Waals surface area contributed by atoms with Gasteiger partial charge >= 0.3 is 0 Å². The van der Waals surface area contributed by atoms with E-state index in [9.17, 15) is 0 Å². The van der Waals surface area contributed by atoms with Crippen LogP contribution in [0.1, 0.15) is 24.0 Å². The van der Waals surface area contributed by atoms with Gasteiger partial charge in [0.05, 0.1) is 0 Å². The number of aromatic nitrogens is 2. The first kappa shape index (κ1) is 12.6. The molecule has 0 amide bonds. The summed E-state index contributed by atoms with van der Waals surface area (Å²) in [5, 5.41) is 11.9. The predicted octanol–water partition coefficient (Wildman–Crippen LogP) is 2.59. The van der Waals surface area contributed by atoms with Crippen molar-refractivity contribution in [3.05, 3.63) is 16.3 Å². The molecule has 1 aromatic heterocycles. The standard InChI is InChI=1S/C12H18ClN3O/c1-8-9(2)12(16-15-11(8)13)14-7-10-3-5-17-6-4-10/h10H,3-7H2,1-2H3,(H,14,16). The van der Waals surface area contributed by atoms with Crippen LogP contribution in [0.3, 0.4) is 0 Å². The van der Waals surface area contributed by atoms with Crippen molar-refractivity contribution < 1.29 is 4.74 Å². The summed E-state index contributed by atoms with van der Waals surface area (Å²) in [5.74, 6) is 1.51. The number of nitrogens with one attached hydrogen (secondary N) is 1. The van der Waals surface area contributed by atoms with E-state index < -0.39 is 0 Å². The molecule has 1 aromatic rings. The SMILES string of the molecule is Cc1c(Cl)nnc(NCC2CCOCC2)c1C. The molecule has 2 heterocycles. The Morgan fingerprint density at radius 2 is 1.94 bits per heavy atom. The minimum absolute atomic E-state index is 0.485. The van der Waals surface area contributed by atoms with Crippen molar-refractivity contribution in [3.63, 3.8) is 0 Å². The van der Waals surface area contributed by atoms with Crippen LogP contribution in [0.5, 0.6) is 0 Å². The molecule has 0 aromatic carbocycles. The van der Waals surface area contributed by atoms with Crippen LogP contribution in [0.15, 0.2) is 0 Å². The fourth-order valence-electron chi connectivity index (χ4n) is 1.94. The lowest BCUT2D eigenvalue weighted by Gasteiger charge is -2.22. The van der Waals surface area contributed by atoms with Crippen molar-refractivity contribution in [2.24, 2.45) is 5.92 Å². The van der Waals surface area contributed by atoms with Crippen LogP contribution in [-0.4, -0.2) is 30.0 Å². The van der Waals surface area contributed by atoms with Crippen LogP contribution < -0.4 is 5.32 Å². The van der Waals surface area contributed by atoms with E-state index in [0.717, 1.165) is 49.5 Å². The van der Waals surface area contributed by atoms with Crippen LogP contribution in [0.25, 0.3) is 0 Å². The molecule has 0 radical (unpaired) electrons. The van der Waals surface area contributed by atoms with E-state index in [-0.39, 0.29) is 0 Å². The Morgan fingerprint density at radius 1 is 1.24 bits per heavy atom. The molecule has 1 aliphatic rings.